The van der Waals surface area contributed by atoms with Crippen LogP contribution in [-0.4, -0.2) is 25.4 Å². The first kappa shape index (κ1) is 13.8. The molecule has 1 fully saturated rings. The van der Waals surface area contributed by atoms with E-state index in [1.165, 1.54) is 36.3 Å². The maximum atomic E-state index is 5.54. The normalized spacial score (nSPS) is 16.1. The van der Waals surface area contributed by atoms with E-state index in [1.54, 1.807) is 0 Å². The van der Waals surface area contributed by atoms with Crippen LogP contribution in [0.15, 0.2) is 29.2 Å². The van der Waals surface area contributed by atoms with Gasteiger partial charge in [0, 0.05) is 29.4 Å². The highest BCUT2D eigenvalue weighted by molar-refractivity contribution is 8.00. The maximum Gasteiger partial charge on any atom is 0.0364 e. The number of hydrogen-bond acceptors (Lipinski definition) is 3. The molecule has 0 spiro atoms. The molecule has 3 heteroatoms. The van der Waals surface area contributed by atoms with Crippen LogP contribution in [0.1, 0.15) is 32.1 Å². The summed E-state index contributed by atoms with van der Waals surface area (Å²) in [5.74, 6) is 0. The van der Waals surface area contributed by atoms with Crippen LogP contribution >= 0.6 is 11.8 Å². The van der Waals surface area contributed by atoms with Gasteiger partial charge in [0.05, 0.1) is 0 Å². The van der Waals surface area contributed by atoms with Crippen molar-refractivity contribution >= 4 is 17.4 Å². The van der Waals surface area contributed by atoms with Crippen LogP contribution in [0, 0.1) is 0 Å². The van der Waals surface area contributed by atoms with Gasteiger partial charge in [-0.3, -0.25) is 0 Å². The number of anilines is 1. The van der Waals surface area contributed by atoms with Crippen molar-refractivity contribution in [1.82, 2.24) is 0 Å². The van der Waals surface area contributed by atoms with Gasteiger partial charge in [0.1, 0.15) is 0 Å². The van der Waals surface area contributed by atoms with Crippen molar-refractivity contribution in [2.24, 2.45) is 5.73 Å². The SMILES string of the molecule is CN(CCCN)c1ccc(SC2CCCC2)cc1. The lowest BCUT2D eigenvalue weighted by atomic mass is 10.3. The summed E-state index contributed by atoms with van der Waals surface area (Å²) in [4.78, 5) is 3.69. The van der Waals surface area contributed by atoms with E-state index >= 15 is 0 Å². The first-order chi connectivity index (χ1) is 8.79. The second kappa shape index (κ2) is 7.05. The summed E-state index contributed by atoms with van der Waals surface area (Å²) in [7, 11) is 2.13. The first-order valence-corrected chi connectivity index (χ1v) is 7.85. The predicted octanol–water partition coefficient (Wildman–Crippen LogP) is 3.51. The minimum Gasteiger partial charge on any atom is -0.375 e. The van der Waals surface area contributed by atoms with E-state index < -0.39 is 0 Å². The van der Waals surface area contributed by atoms with Gasteiger partial charge in [-0.05, 0) is 50.1 Å². The summed E-state index contributed by atoms with van der Waals surface area (Å²) in [6, 6.07) is 8.98. The van der Waals surface area contributed by atoms with E-state index in [0.717, 1.165) is 24.8 Å². The summed E-state index contributed by atoms with van der Waals surface area (Å²) in [5.41, 5.74) is 6.83. The maximum absolute atomic E-state index is 5.54. The van der Waals surface area contributed by atoms with Gasteiger partial charge in [0.25, 0.3) is 0 Å². The molecule has 0 bridgehead atoms. The smallest absolute Gasteiger partial charge is 0.0364 e. The van der Waals surface area contributed by atoms with Crippen LogP contribution in [-0.2, 0) is 0 Å². The molecule has 1 aromatic carbocycles. The van der Waals surface area contributed by atoms with Gasteiger partial charge in [0.2, 0.25) is 0 Å². The highest BCUT2D eigenvalue weighted by Crippen LogP contribution is 2.35. The number of benzene rings is 1. The largest absolute Gasteiger partial charge is 0.375 e. The molecule has 0 atom stereocenters. The molecular formula is C15H24N2S. The number of nitrogens with zero attached hydrogens (tertiary/aromatic N) is 1. The van der Waals surface area contributed by atoms with Gasteiger partial charge < -0.3 is 10.6 Å². The Hall–Kier alpha value is -0.670. The number of nitrogens with two attached hydrogens (primary N) is 1. The molecule has 0 aromatic heterocycles. The Morgan fingerprint density at radius 3 is 2.50 bits per heavy atom. The topological polar surface area (TPSA) is 29.3 Å². The number of rotatable bonds is 6. The highest BCUT2D eigenvalue weighted by Gasteiger charge is 2.15. The van der Waals surface area contributed by atoms with Crippen LogP contribution in [0.25, 0.3) is 0 Å². The molecule has 1 aliphatic carbocycles. The summed E-state index contributed by atoms with van der Waals surface area (Å²) >= 11 is 2.05. The van der Waals surface area contributed by atoms with Gasteiger partial charge in [-0.15, -0.1) is 11.8 Å². The molecule has 0 radical (unpaired) electrons. The van der Waals surface area contributed by atoms with Crippen molar-refractivity contribution in [3.63, 3.8) is 0 Å². The van der Waals surface area contributed by atoms with E-state index in [9.17, 15) is 0 Å². The third-order valence-electron chi connectivity index (χ3n) is 3.58. The predicted molar refractivity (Wildman–Crippen MR) is 81.5 cm³/mol. The van der Waals surface area contributed by atoms with Crippen molar-refractivity contribution < 1.29 is 0 Å². The van der Waals surface area contributed by atoms with E-state index in [-0.39, 0.29) is 0 Å². The second-order valence-corrected chi connectivity index (χ2v) is 6.46. The van der Waals surface area contributed by atoms with E-state index in [2.05, 4.69) is 48.0 Å². The fraction of sp³-hybridized carbons (Fsp3) is 0.600. The van der Waals surface area contributed by atoms with Crippen molar-refractivity contribution in [2.75, 3.05) is 25.0 Å². The van der Waals surface area contributed by atoms with Gasteiger partial charge in [0.15, 0.2) is 0 Å². The standard InChI is InChI=1S/C15H24N2S/c1-17(12-4-11-16)13-7-9-15(10-8-13)18-14-5-2-3-6-14/h7-10,14H,2-6,11-12,16H2,1H3. The Morgan fingerprint density at radius 1 is 1.22 bits per heavy atom. The van der Waals surface area contributed by atoms with Gasteiger partial charge >= 0.3 is 0 Å². The zero-order chi connectivity index (χ0) is 12.8. The molecule has 0 saturated heterocycles. The second-order valence-electron chi connectivity index (χ2n) is 5.08. The third-order valence-corrected chi connectivity index (χ3v) is 4.93. The zero-order valence-corrected chi connectivity index (χ0v) is 12.1. The molecule has 2 nitrogen and oxygen atoms in total. The summed E-state index contributed by atoms with van der Waals surface area (Å²) < 4.78 is 0. The molecule has 0 unspecified atom stereocenters. The van der Waals surface area contributed by atoms with Gasteiger partial charge in [-0.2, -0.15) is 0 Å². The molecule has 1 aliphatic rings. The van der Waals surface area contributed by atoms with Crippen LogP contribution < -0.4 is 10.6 Å². The van der Waals surface area contributed by atoms with E-state index in [1.807, 2.05) is 0 Å². The van der Waals surface area contributed by atoms with Crippen LogP contribution in [0.4, 0.5) is 5.69 Å². The molecule has 0 heterocycles. The highest BCUT2D eigenvalue weighted by atomic mass is 32.2. The van der Waals surface area contributed by atoms with Crippen LogP contribution in [0.2, 0.25) is 0 Å². The van der Waals surface area contributed by atoms with E-state index in [4.69, 9.17) is 5.73 Å². The van der Waals surface area contributed by atoms with Crippen LogP contribution in [0.5, 0.6) is 0 Å². The molecule has 0 aliphatic heterocycles. The van der Waals surface area contributed by atoms with Crippen molar-refractivity contribution in [2.45, 2.75) is 42.2 Å². The first-order valence-electron chi connectivity index (χ1n) is 6.97. The van der Waals surface area contributed by atoms with Gasteiger partial charge in [-0.1, -0.05) is 12.8 Å². The van der Waals surface area contributed by atoms with Crippen LogP contribution in [0.3, 0.4) is 0 Å². The lowest BCUT2D eigenvalue weighted by Crippen LogP contribution is -2.20. The number of thioether (sulfide) groups is 1. The molecule has 18 heavy (non-hydrogen) atoms. The molecule has 0 amide bonds. The Bertz CT molecular complexity index is 344. The molecular weight excluding hydrogens is 240 g/mol. The average Bonchev–Trinajstić information content (AvgIpc) is 2.89. The Labute approximate surface area is 115 Å². The lowest BCUT2D eigenvalue weighted by molar-refractivity contribution is 0.795. The lowest BCUT2D eigenvalue weighted by Gasteiger charge is -2.19. The molecule has 1 aromatic rings. The summed E-state index contributed by atoms with van der Waals surface area (Å²) in [6.07, 6.45) is 6.66. The molecule has 2 N–H and O–H groups in total. The average molecular weight is 264 g/mol. The summed E-state index contributed by atoms with van der Waals surface area (Å²) in [6.45, 7) is 1.80. The van der Waals surface area contributed by atoms with Crippen molar-refractivity contribution in [3.05, 3.63) is 24.3 Å². The Morgan fingerprint density at radius 2 is 1.89 bits per heavy atom. The molecule has 100 valence electrons. The van der Waals surface area contributed by atoms with Crippen molar-refractivity contribution in [3.8, 4) is 0 Å². The molecule has 2 rings (SSSR count). The monoisotopic (exact) mass is 264 g/mol. The van der Waals surface area contributed by atoms with E-state index in [0.29, 0.717) is 0 Å². The number of hydrogen-bond donors (Lipinski definition) is 1. The fourth-order valence-corrected chi connectivity index (χ4v) is 3.68. The summed E-state index contributed by atoms with van der Waals surface area (Å²) in [5, 5.41) is 0.853. The fourth-order valence-electron chi connectivity index (χ4n) is 2.44. The Kier molecular flexibility index (Phi) is 5.39. The quantitative estimate of drug-likeness (QED) is 0.852. The minimum absolute atomic E-state index is 0.764. The third kappa shape index (κ3) is 3.92. The zero-order valence-electron chi connectivity index (χ0n) is 11.3. The molecule has 1 saturated carbocycles. The minimum atomic E-state index is 0.764. The van der Waals surface area contributed by atoms with Gasteiger partial charge in [-0.25, -0.2) is 0 Å². The van der Waals surface area contributed by atoms with Crippen molar-refractivity contribution in [1.29, 1.82) is 0 Å². The Balaban J connectivity index is 1.88.